The Bertz CT molecular complexity index is 410. The van der Waals surface area contributed by atoms with Crippen molar-refractivity contribution in [1.29, 1.82) is 0 Å². The second kappa shape index (κ2) is 19.1. The molecule has 0 spiro atoms. The highest BCUT2D eigenvalue weighted by Crippen LogP contribution is 2.12. The van der Waals surface area contributed by atoms with Crippen molar-refractivity contribution in [3.8, 4) is 0 Å². The molecular formula is C18H30O5S2. The highest BCUT2D eigenvalue weighted by atomic mass is 33.1. The van der Waals surface area contributed by atoms with Crippen LogP contribution in [-0.2, 0) is 19.8 Å². The summed E-state index contributed by atoms with van der Waals surface area (Å²) in [6.07, 6.45) is 11.7. The smallest absolute Gasteiger partial charge is 0.310 e. The average Bonchev–Trinajstić information content (AvgIpc) is 2.55. The number of hydrogen-bond acceptors (Lipinski definition) is 4. The first-order valence-corrected chi connectivity index (χ1v) is 11.1. The first-order valence-electron chi connectivity index (χ1n) is 8.23. The van der Waals surface area contributed by atoms with Gasteiger partial charge in [0.05, 0.1) is 28.9 Å². The van der Waals surface area contributed by atoms with E-state index in [9.17, 15) is 14.1 Å². The van der Waals surface area contributed by atoms with E-state index in [4.69, 9.17) is 10.2 Å². The molecule has 0 saturated carbocycles. The fraction of sp³-hybridized carbons (Fsp3) is 0.556. The summed E-state index contributed by atoms with van der Waals surface area (Å²) in [5, 5.41) is 17.3. The van der Waals surface area contributed by atoms with Crippen LogP contribution >= 0.6 is 10.8 Å². The molecule has 7 heteroatoms. The Morgan fingerprint density at radius 3 is 2.36 bits per heavy atom. The van der Waals surface area contributed by atoms with Crippen LogP contribution in [0.25, 0.3) is 0 Å². The topological polar surface area (TPSA) is 97.7 Å². The van der Waals surface area contributed by atoms with Gasteiger partial charge in [-0.2, -0.15) is 0 Å². The normalized spacial score (nSPS) is 12.7. The van der Waals surface area contributed by atoms with Gasteiger partial charge in [-0.05, 0) is 18.9 Å². The Balaban J connectivity index is 0. The highest BCUT2D eigenvalue weighted by Gasteiger charge is 2.17. The number of carbonyl (C=O) groups is 2. The lowest BCUT2D eigenvalue weighted by atomic mass is 10.0. The summed E-state index contributed by atoms with van der Waals surface area (Å²) in [6.45, 7) is 9.12. The van der Waals surface area contributed by atoms with Crippen molar-refractivity contribution in [2.45, 2.75) is 45.4 Å². The third-order valence-electron chi connectivity index (χ3n) is 2.88. The molecule has 0 fully saturated rings. The van der Waals surface area contributed by atoms with E-state index in [1.165, 1.54) is 29.7 Å². The highest BCUT2D eigenvalue weighted by molar-refractivity contribution is 8.72. The summed E-state index contributed by atoms with van der Waals surface area (Å²) in [4.78, 5) is 21.1. The second-order valence-electron chi connectivity index (χ2n) is 5.15. The number of carboxylic acids is 2. The van der Waals surface area contributed by atoms with Crippen LogP contribution in [0, 0.1) is 5.92 Å². The van der Waals surface area contributed by atoms with Crippen LogP contribution in [0.1, 0.15) is 45.4 Å². The molecule has 144 valence electrons. The number of rotatable bonds is 14. The lowest BCUT2D eigenvalue weighted by molar-refractivity contribution is -0.146. The molecule has 0 saturated heterocycles. The van der Waals surface area contributed by atoms with Crippen molar-refractivity contribution < 1.29 is 24.4 Å². The zero-order valence-electron chi connectivity index (χ0n) is 14.9. The maximum atomic E-state index is 10.8. The van der Waals surface area contributed by atoms with E-state index >= 15 is 0 Å². The third kappa shape index (κ3) is 20.8. The fourth-order valence-corrected chi connectivity index (χ4v) is 3.50. The van der Waals surface area contributed by atoms with Gasteiger partial charge in [-0.15, -0.1) is 6.58 Å². The van der Waals surface area contributed by atoms with Crippen LogP contribution in [0.5, 0.6) is 0 Å². The first kappa shape index (κ1) is 26.1. The molecule has 0 amide bonds. The quantitative estimate of drug-likeness (QED) is 0.197. The molecule has 2 atom stereocenters. The van der Waals surface area contributed by atoms with Gasteiger partial charge in [-0.25, -0.2) is 0 Å². The predicted molar refractivity (Wildman–Crippen MR) is 107 cm³/mol. The Morgan fingerprint density at radius 2 is 1.88 bits per heavy atom. The summed E-state index contributed by atoms with van der Waals surface area (Å²) >= 11 is 0. The first-order chi connectivity index (χ1) is 11.9. The standard InChI is InChI=1S/C12H20O4.C6H10OS2/c1-2-3-4-5-6-7-8-10(12(15)16)9-11(13)14;1-3-5-8-9(7)6-4-2/h7-8,10H,2-6,9H2,1H3,(H,13,14)(H,15,16);3-4H,1-2,5-6H2. The summed E-state index contributed by atoms with van der Waals surface area (Å²) in [6, 6.07) is 0. The molecule has 0 aliphatic rings. The van der Waals surface area contributed by atoms with Gasteiger partial charge in [-0.3, -0.25) is 9.59 Å². The molecule has 2 N–H and O–H groups in total. The van der Waals surface area contributed by atoms with Gasteiger partial charge in [0.15, 0.2) is 0 Å². The summed E-state index contributed by atoms with van der Waals surface area (Å²) in [5.74, 6) is -1.74. The molecule has 0 heterocycles. The molecule has 0 aromatic carbocycles. The van der Waals surface area contributed by atoms with Crippen molar-refractivity contribution in [2.75, 3.05) is 11.5 Å². The van der Waals surface area contributed by atoms with Crippen molar-refractivity contribution in [3.63, 3.8) is 0 Å². The minimum Gasteiger partial charge on any atom is -0.605 e. The lowest BCUT2D eigenvalue weighted by Crippen LogP contribution is -2.15. The monoisotopic (exact) mass is 390 g/mol. The number of carboxylic acid groups (broad SMARTS) is 2. The van der Waals surface area contributed by atoms with Crippen molar-refractivity contribution >= 4 is 32.9 Å². The van der Waals surface area contributed by atoms with E-state index in [0.29, 0.717) is 5.75 Å². The van der Waals surface area contributed by atoms with Gasteiger partial charge < -0.3 is 14.8 Å². The Hall–Kier alpha value is -1.18. The Kier molecular flexibility index (Phi) is 20.0. The van der Waals surface area contributed by atoms with E-state index in [0.717, 1.165) is 25.0 Å². The SMILES string of the molecule is C=CCS[S+]([O-])CC=C.CCCCCCC=CC(CC(=O)O)C(=O)O. The van der Waals surface area contributed by atoms with Gasteiger partial charge in [0, 0.05) is 10.2 Å². The van der Waals surface area contributed by atoms with Crippen LogP contribution in [0.15, 0.2) is 37.5 Å². The molecule has 0 aromatic heterocycles. The van der Waals surface area contributed by atoms with Gasteiger partial charge in [0.2, 0.25) is 0 Å². The van der Waals surface area contributed by atoms with Crippen LogP contribution in [0.3, 0.4) is 0 Å². The Morgan fingerprint density at radius 1 is 1.20 bits per heavy atom. The minimum atomic E-state index is -1.08. The number of unbranched alkanes of at least 4 members (excludes halogenated alkanes) is 4. The van der Waals surface area contributed by atoms with Gasteiger partial charge in [0.1, 0.15) is 5.75 Å². The average molecular weight is 391 g/mol. The zero-order valence-corrected chi connectivity index (χ0v) is 16.5. The summed E-state index contributed by atoms with van der Waals surface area (Å²) < 4.78 is 10.8. The minimum absolute atomic E-state index is 0.346. The van der Waals surface area contributed by atoms with Gasteiger partial charge >= 0.3 is 11.9 Å². The molecule has 0 aliphatic carbocycles. The van der Waals surface area contributed by atoms with Crippen LogP contribution in [0.4, 0.5) is 0 Å². The van der Waals surface area contributed by atoms with E-state index in [1.807, 2.05) is 0 Å². The zero-order chi connectivity index (χ0) is 19.5. The molecule has 25 heavy (non-hydrogen) atoms. The summed E-state index contributed by atoms with van der Waals surface area (Å²) in [7, 11) is 0.591. The molecule has 0 aliphatic heterocycles. The van der Waals surface area contributed by atoms with Crippen LogP contribution in [0.2, 0.25) is 0 Å². The molecule has 0 aromatic rings. The maximum absolute atomic E-state index is 10.8. The number of hydrogen-bond donors (Lipinski definition) is 2. The lowest BCUT2D eigenvalue weighted by Gasteiger charge is -2.03. The largest absolute Gasteiger partial charge is 0.605 e. The van der Waals surface area contributed by atoms with Gasteiger partial charge in [-0.1, -0.05) is 51.0 Å². The van der Waals surface area contributed by atoms with Crippen molar-refractivity contribution in [3.05, 3.63) is 37.5 Å². The fourth-order valence-electron chi connectivity index (χ4n) is 1.64. The predicted octanol–water partition coefficient (Wildman–Crippen LogP) is 4.44. The molecule has 0 bridgehead atoms. The summed E-state index contributed by atoms with van der Waals surface area (Å²) in [5.41, 5.74) is 0. The number of aliphatic carboxylic acids is 2. The second-order valence-corrected chi connectivity index (χ2v) is 8.48. The molecular weight excluding hydrogens is 360 g/mol. The van der Waals surface area contributed by atoms with E-state index < -0.39 is 28.1 Å². The van der Waals surface area contributed by atoms with Crippen molar-refractivity contribution in [2.24, 2.45) is 5.92 Å². The number of allylic oxidation sites excluding steroid dienone is 1. The third-order valence-corrected chi connectivity index (χ3v) is 5.62. The Labute approximate surface area is 157 Å². The van der Waals surface area contributed by atoms with E-state index in [2.05, 4.69) is 20.1 Å². The molecule has 5 nitrogen and oxygen atoms in total. The van der Waals surface area contributed by atoms with E-state index in [-0.39, 0.29) is 6.42 Å². The van der Waals surface area contributed by atoms with Crippen LogP contribution in [-0.4, -0.2) is 38.2 Å². The van der Waals surface area contributed by atoms with Gasteiger partial charge in [0.25, 0.3) is 0 Å². The maximum Gasteiger partial charge on any atom is 0.310 e. The molecule has 0 rings (SSSR count). The van der Waals surface area contributed by atoms with E-state index in [1.54, 1.807) is 18.2 Å². The van der Waals surface area contributed by atoms with Crippen LogP contribution < -0.4 is 0 Å². The van der Waals surface area contributed by atoms with Crippen molar-refractivity contribution in [1.82, 2.24) is 0 Å². The molecule has 2 unspecified atom stereocenters. The molecule has 0 radical (unpaired) electrons.